The van der Waals surface area contributed by atoms with Crippen molar-refractivity contribution < 1.29 is 30.3 Å². The zero-order valence-electron chi connectivity index (χ0n) is 5.06. The summed E-state index contributed by atoms with van der Waals surface area (Å²) in [4.78, 5) is 10.2. The summed E-state index contributed by atoms with van der Waals surface area (Å²) in [6.07, 6.45) is 0. The van der Waals surface area contributed by atoms with Crippen molar-refractivity contribution in [1.29, 1.82) is 0 Å². The molecule has 0 saturated carbocycles. The van der Waals surface area contributed by atoms with Crippen molar-refractivity contribution in [2.24, 2.45) is 0 Å². The van der Waals surface area contributed by atoms with Crippen LogP contribution in [-0.4, -0.2) is 11.1 Å². The summed E-state index contributed by atoms with van der Waals surface area (Å²) in [5.74, 6) is -0.879. The van der Waals surface area contributed by atoms with Crippen LogP contribution in [0.25, 0.3) is 0 Å². The molecule has 0 saturated heterocycles. The van der Waals surface area contributed by atoms with Crippen LogP contribution in [0.3, 0.4) is 0 Å². The number of benzene rings is 1. The topological polar surface area (TPSA) is 37.3 Å². The van der Waals surface area contributed by atoms with Gasteiger partial charge in [0.1, 0.15) is 0 Å². The van der Waals surface area contributed by atoms with Gasteiger partial charge >= 0.3 is 5.97 Å². The average molecular weight is 229 g/mol. The van der Waals surface area contributed by atoms with Gasteiger partial charge in [-0.2, -0.15) is 0 Å². The monoisotopic (exact) mass is 228 g/mol. The quantitative estimate of drug-likeness (QED) is 0.738. The molecule has 1 rings (SSSR count). The number of carbonyl (C=O) groups is 1. The molecule has 0 aromatic heterocycles. The molecule has 1 N–H and O–H groups in total. The molecule has 0 bridgehead atoms. The van der Waals surface area contributed by atoms with Crippen molar-refractivity contribution in [2.75, 3.05) is 0 Å². The second kappa shape index (κ2) is 4.21. The van der Waals surface area contributed by atoms with E-state index >= 15 is 0 Å². The number of rotatable bonds is 1. The third-order valence-electron chi connectivity index (χ3n) is 1.02. The second-order valence-corrected chi connectivity index (χ2v) is 1.67. The van der Waals surface area contributed by atoms with Gasteiger partial charge in [-0.15, -0.1) is 0 Å². The molecule has 0 radical (unpaired) electrons. The minimum absolute atomic E-state index is 0. The first kappa shape index (κ1) is 9.35. The van der Waals surface area contributed by atoms with Gasteiger partial charge in [0.2, 0.25) is 0 Å². The molecule has 2 nitrogen and oxygen atoms in total. The SMILES string of the molecule is O=C(O)c1ccccc1.[Pd]. The van der Waals surface area contributed by atoms with Gasteiger partial charge in [0.25, 0.3) is 0 Å². The van der Waals surface area contributed by atoms with Crippen molar-refractivity contribution in [1.82, 2.24) is 0 Å². The van der Waals surface area contributed by atoms with Gasteiger partial charge in [-0.3, -0.25) is 0 Å². The molecule has 0 atom stereocenters. The van der Waals surface area contributed by atoms with E-state index in [-0.39, 0.29) is 20.4 Å². The largest absolute Gasteiger partial charge is 0.478 e. The van der Waals surface area contributed by atoms with Crippen molar-refractivity contribution in [3.63, 3.8) is 0 Å². The molecule has 0 aliphatic carbocycles. The van der Waals surface area contributed by atoms with Gasteiger partial charge in [-0.25, -0.2) is 4.79 Å². The number of carboxylic acids is 1. The Labute approximate surface area is 72.5 Å². The van der Waals surface area contributed by atoms with E-state index in [1.807, 2.05) is 0 Å². The van der Waals surface area contributed by atoms with Gasteiger partial charge in [0.05, 0.1) is 5.56 Å². The Morgan fingerprint density at radius 3 is 2.00 bits per heavy atom. The molecular weight excluding hydrogens is 222 g/mol. The van der Waals surface area contributed by atoms with Crippen LogP contribution in [0.5, 0.6) is 0 Å². The maximum Gasteiger partial charge on any atom is 0.335 e. The Hall–Kier alpha value is -0.648. The van der Waals surface area contributed by atoms with Crippen LogP contribution in [0.2, 0.25) is 0 Å². The Balaban J connectivity index is 0.000000810. The Morgan fingerprint density at radius 2 is 1.70 bits per heavy atom. The summed E-state index contributed by atoms with van der Waals surface area (Å²) in [7, 11) is 0. The third kappa shape index (κ3) is 2.30. The molecule has 0 unspecified atom stereocenters. The summed E-state index contributed by atoms with van der Waals surface area (Å²) >= 11 is 0. The zero-order valence-corrected chi connectivity index (χ0v) is 6.61. The van der Waals surface area contributed by atoms with Gasteiger partial charge < -0.3 is 5.11 Å². The van der Waals surface area contributed by atoms with Gasteiger partial charge in [-0.1, -0.05) is 18.2 Å². The van der Waals surface area contributed by atoms with E-state index in [4.69, 9.17) is 5.11 Å². The molecular formula is C7H6O2Pd. The molecule has 0 fully saturated rings. The minimum atomic E-state index is -0.879. The fourth-order valence-electron chi connectivity index (χ4n) is 0.581. The van der Waals surface area contributed by atoms with Crippen LogP contribution in [0.15, 0.2) is 30.3 Å². The normalized spacial score (nSPS) is 8.00. The molecule has 0 aliphatic rings. The number of aromatic carboxylic acids is 1. The van der Waals surface area contributed by atoms with E-state index in [1.165, 1.54) is 0 Å². The predicted molar refractivity (Wildman–Crippen MR) is 33.4 cm³/mol. The van der Waals surface area contributed by atoms with Crippen LogP contribution in [0.4, 0.5) is 0 Å². The fraction of sp³-hybridized carbons (Fsp3) is 0. The summed E-state index contributed by atoms with van der Waals surface area (Å²) in [5, 5.41) is 8.38. The van der Waals surface area contributed by atoms with E-state index in [0.717, 1.165) is 0 Å². The first-order chi connectivity index (χ1) is 4.30. The van der Waals surface area contributed by atoms with E-state index in [0.29, 0.717) is 5.56 Å². The van der Waals surface area contributed by atoms with Crippen LogP contribution >= 0.6 is 0 Å². The Kier molecular flexibility index (Phi) is 3.94. The second-order valence-electron chi connectivity index (χ2n) is 1.67. The maximum atomic E-state index is 10.2. The van der Waals surface area contributed by atoms with Crippen LogP contribution in [-0.2, 0) is 20.4 Å². The standard InChI is InChI=1S/C7H6O2.Pd/c8-7(9)6-4-2-1-3-5-6;/h1-5H,(H,8,9);. The maximum absolute atomic E-state index is 10.2. The number of hydrogen-bond acceptors (Lipinski definition) is 1. The van der Waals surface area contributed by atoms with E-state index in [2.05, 4.69) is 0 Å². The molecule has 0 heterocycles. The molecule has 0 spiro atoms. The van der Waals surface area contributed by atoms with Crippen LogP contribution in [0, 0.1) is 0 Å². The number of hydrogen-bond donors (Lipinski definition) is 1. The van der Waals surface area contributed by atoms with Crippen molar-refractivity contribution in [2.45, 2.75) is 0 Å². The third-order valence-corrected chi connectivity index (χ3v) is 1.02. The van der Waals surface area contributed by atoms with E-state index in [1.54, 1.807) is 30.3 Å². The number of carboxylic acid groups (broad SMARTS) is 1. The first-order valence-corrected chi connectivity index (χ1v) is 2.59. The molecule has 10 heavy (non-hydrogen) atoms. The van der Waals surface area contributed by atoms with E-state index in [9.17, 15) is 4.79 Å². The van der Waals surface area contributed by atoms with E-state index < -0.39 is 5.97 Å². The molecule has 0 amide bonds. The van der Waals surface area contributed by atoms with Crippen molar-refractivity contribution >= 4 is 5.97 Å². The molecule has 56 valence electrons. The molecule has 1 aromatic rings. The van der Waals surface area contributed by atoms with Crippen molar-refractivity contribution in [3.05, 3.63) is 35.9 Å². The summed E-state index contributed by atoms with van der Waals surface area (Å²) < 4.78 is 0. The zero-order chi connectivity index (χ0) is 6.69. The fourth-order valence-corrected chi connectivity index (χ4v) is 0.581. The smallest absolute Gasteiger partial charge is 0.335 e. The van der Waals surface area contributed by atoms with Crippen molar-refractivity contribution in [3.8, 4) is 0 Å². The van der Waals surface area contributed by atoms with Gasteiger partial charge in [0.15, 0.2) is 0 Å². The van der Waals surface area contributed by atoms with Gasteiger partial charge in [0, 0.05) is 20.4 Å². The Bertz CT molecular complexity index is 208. The summed E-state index contributed by atoms with van der Waals surface area (Å²) in [5.41, 5.74) is 0.331. The van der Waals surface area contributed by atoms with Gasteiger partial charge in [-0.05, 0) is 12.1 Å². The predicted octanol–water partition coefficient (Wildman–Crippen LogP) is 1.38. The Morgan fingerprint density at radius 1 is 1.20 bits per heavy atom. The minimum Gasteiger partial charge on any atom is -0.478 e. The average Bonchev–Trinajstić information content (AvgIpc) is 1.90. The molecule has 1 aromatic carbocycles. The first-order valence-electron chi connectivity index (χ1n) is 2.59. The molecule has 3 heteroatoms. The summed E-state index contributed by atoms with van der Waals surface area (Å²) in [6, 6.07) is 8.30. The molecule has 0 aliphatic heterocycles. The summed E-state index contributed by atoms with van der Waals surface area (Å²) in [6.45, 7) is 0. The van der Waals surface area contributed by atoms with Crippen LogP contribution < -0.4 is 0 Å². The van der Waals surface area contributed by atoms with Crippen LogP contribution in [0.1, 0.15) is 10.4 Å².